The molecule has 17 nitrogen and oxygen atoms in total. The molecule has 0 aromatic rings. The highest BCUT2D eigenvalue weighted by Crippen LogP contribution is 2.70. The fourth-order valence-corrected chi connectivity index (χ4v) is 14.0. The zero-order valence-electron chi connectivity index (χ0n) is 36.6. The maximum atomic E-state index is 12.0. The lowest BCUT2D eigenvalue weighted by Crippen LogP contribution is -2.67. The van der Waals surface area contributed by atoms with Crippen molar-refractivity contribution < 1.29 is 83.9 Å². The Balaban J connectivity index is 0.917. The number of aliphatic hydroxyl groups excluding tert-OH is 9. The van der Waals surface area contributed by atoms with Crippen molar-refractivity contribution in [2.24, 2.45) is 46.3 Å². The van der Waals surface area contributed by atoms with Gasteiger partial charge in [-0.3, -0.25) is 0 Å². The Morgan fingerprint density at radius 3 is 2.05 bits per heavy atom. The molecule has 9 rings (SSSR count). The first-order valence-corrected chi connectivity index (χ1v) is 23.4. The summed E-state index contributed by atoms with van der Waals surface area (Å²) >= 11 is 0. The van der Waals surface area contributed by atoms with Gasteiger partial charge < -0.3 is 83.9 Å². The van der Waals surface area contributed by atoms with Crippen LogP contribution in [0.4, 0.5) is 0 Å². The predicted molar refractivity (Wildman–Crippen MR) is 214 cm³/mol. The molecule has 0 bridgehead atoms. The van der Waals surface area contributed by atoms with Crippen molar-refractivity contribution in [3.63, 3.8) is 0 Å². The van der Waals surface area contributed by atoms with Crippen molar-refractivity contribution in [1.82, 2.24) is 0 Å². The van der Waals surface area contributed by atoms with Gasteiger partial charge in [-0.15, -0.1) is 0 Å². The summed E-state index contributed by atoms with van der Waals surface area (Å²) in [5.41, 5.74) is 1.48. The molecule has 9 aliphatic rings. The average Bonchev–Trinajstić information content (AvgIpc) is 3.70. The normalized spacial score (nSPS) is 57.6. The second kappa shape index (κ2) is 17.3. The molecule has 3 saturated carbocycles. The molecule has 4 aliphatic carbocycles. The average molecular weight is 885 g/mol. The van der Waals surface area contributed by atoms with Crippen molar-refractivity contribution in [2.75, 3.05) is 19.8 Å². The second-order valence-electron chi connectivity index (χ2n) is 21.1. The molecule has 9 N–H and O–H groups in total. The number of aliphatic hydroxyl groups is 9. The van der Waals surface area contributed by atoms with Crippen LogP contribution in [0.3, 0.4) is 0 Å². The Morgan fingerprint density at radius 1 is 0.677 bits per heavy atom. The van der Waals surface area contributed by atoms with Crippen molar-refractivity contribution in [3.05, 3.63) is 11.6 Å². The molecule has 62 heavy (non-hydrogen) atoms. The molecule has 0 aromatic carbocycles. The van der Waals surface area contributed by atoms with E-state index in [2.05, 4.69) is 33.8 Å². The largest absolute Gasteiger partial charge is 0.394 e. The van der Waals surface area contributed by atoms with Gasteiger partial charge >= 0.3 is 0 Å². The highest BCUT2D eigenvalue weighted by Gasteiger charge is 2.69. The van der Waals surface area contributed by atoms with Crippen LogP contribution in [0, 0.1) is 46.3 Å². The number of allylic oxidation sites excluding steroid dienone is 1. The van der Waals surface area contributed by atoms with Crippen LogP contribution in [-0.4, -0.2) is 176 Å². The van der Waals surface area contributed by atoms with Crippen molar-refractivity contribution >= 4 is 0 Å². The van der Waals surface area contributed by atoms with Gasteiger partial charge in [0.15, 0.2) is 24.7 Å². The van der Waals surface area contributed by atoms with Crippen LogP contribution >= 0.6 is 0 Å². The molecule has 8 fully saturated rings. The number of rotatable bonds is 8. The molecule has 354 valence electrons. The van der Waals surface area contributed by atoms with E-state index in [1.54, 1.807) is 0 Å². The summed E-state index contributed by atoms with van der Waals surface area (Å²) in [5.74, 6) is 2.56. The fraction of sp³-hybridized carbons (Fsp3) is 0.956. The first kappa shape index (κ1) is 46.2. The number of fused-ring (bicyclic) bond motifs is 7. The third kappa shape index (κ3) is 7.49. The Hall–Kier alpha value is -0.940. The zero-order valence-corrected chi connectivity index (χ0v) is 36.6. The first-order valence-electron chi connectivity index (χ1n) is 23.4. The highest BCUT2D eigenvalue weighted by molar-refractivity contribution is 5.26. The van der Waals surface area contributed by atoms with Crippen LogP contribution in [0.2, 0.25) is 0 Å². The number of hydrogen-bond acceptors (Lipinski definition) is 17. The molecule has 5 aliphatic heterocycles. The van der Waals surface area contributed by atoms with Crippen LogP contribution in [0.5, 0.6) is 0 Å². The van der Waals surface area contributed by atoms with Gasteiger partial charge in [0.25, 0.3) is 0 Å². The van der Waals surface area contributed by atoms with Gasteiger partial charge in [0.05, 0.1) is 38.1 Å². The standard InChI is InChI=1S/C45H72O17/c1-19-8-13-45(55-18-19)20(2)30-27(62-45)15-26-24-7-6-22-14-23(9-11-43(22,4)25(24)10-12-44(26,30)5)57-42-39(61-40-35(52)33(50)31(48)21(3)56-40)37(54)38(29(17-47)59-42)60-41-36(53)34(51)32(49)28(16-46)58-41/h6,19-21,23-42,46-54H,7-18H2,1-5H3/t19-,20+,21?,23?,24-,25+,26+,27+,28?,29?,30+,31+,32-,33+,34+,35?,36?,37+,38-,39?,40+,41+,42-,43+,44+,45-/m1/s1. The lowest BCUT2D eigenvalue weighted by Gasteiger charge is -2.58. The summed E-state index contributed by atoms with van der Waals surface area (Å²) in [5, 5.41) is 95.7. The third-order valence-corrected chi connectivity index (χ3v) is 17.7. The summed E-state index contributed by atoms with van der Waals surface area (Å²) in [4.78, 5) is 0. The predicted octanol–water partition coefficient (Wildman–Crippen LogP) is 0.214. The van der Waals surface area contributed by atoms with E-state index < -0.39 is 111 Å². The van der Waals surface area contributed by atoms with E-state index in [1.807, 2.05) is 0 Å². The van der Waals surface area contributed by atoms with Crippen LogP contribution in [0.1, 0.15) is 92.4 Å². The van der Waals surface area contributed by atoms with E-state index in [4.69, 9.17) is 37.9 Å². The Morgan fingerprint density at radius 2 is 1.35 bits per heavy atom. The van der Waals surface area contributed by atoms with Crippen molar-refractivity contribution in [1.29, 1.82) is 0 Å². The topological polar surface area (TPSA) is 256 Å². The fourth-order valence-electron chi connectivity index (χ4n) is 14.0. The molecular weight excluding hydrogens is 812 g/mol. The lowest BCUT2D eigenvalue weighted by atomic mass is 9.47. The maximum absolute atomic E-state index is 12.0. The highest BCUT2D eigenvalue weighted by atomic mass is 16.8. The summed E-state index contributed by atoms with van der Waals surface area (Å²) in [6, 6.07) is 0. The molecule has 17 heteroatoms. The molecule has 0 amide bonds. The van der Waals surface area contributed by atoms with Crippen LogP contribution in [0.15, 0.2) is 11.6 Å². The smallest absolute Gasteiger partial charge is 0.187 e. The molecule has 5 saturated heterocycles. The first-order chi connectivity index (χ1) is 29.4. The number of ether oxygens (including phenoxy) is 8. The number of hydrogen-bond donors (Lipinski definition) is 9. The molecule has 26 atom stereocenters. The maximum Gasteiger partial charge on any atom is 0.187 e. The quantitative estimate of drug-likeness (QED) is 0.148. The van der Waals surface area contributed by atoms with Crippen molar-refractivity contribution in [2.45, 2.75) is 203 Å². The molecular formula is C45H72O17. The van der Waals surface area contributed by atoms with Crippen LogP contribution < -0.4 is 0 Å². The van der Waals surface area contributed by atoms with E-state index in [9.17, 15) is 46.0 Å². The van der Waals surface area contributed by atoms with Gasteiger partial charge in [0, 0.05) is 12.3 Å². The van der Waals surface area contributed by atoms with E-state index in [0.29, 0.717) is 48.3 Å². The zero-order chi connectivity index (χ0) is 44.2. The summed E-state index contributed by atoms with van der Waals surface area (Å²) in [6.45, 7) is 10.4. The Labute approximate surface area is 363 Å². The van der Waals surface area contributed by atoms with E-state index >= 15 is 0 Å². The monoisotopic (exact) mass is 884 g/mol. The van der Waals surface area contributed by atoms with E-state index in [1.165, 1.54) is 12.5 Å². The summed E-state index contributed by atoms with van der Waals surface area (Å²) in [6.07, 6.45) is -12.0. The molecule has 0 aromatic heterocycles. The lowest BCUT2D eigenvalue weighted by molar-refractivity contribution is -0.389. The molecule has 0 radical (unpaired) electrons. The van der Waals surface area contributed by atoms with Gasteiger partial charge in [0.2, 0.25) is 0 Å². The molecule has 7 unspecified atom stereocenters. The third-order valence-electron chi connectivity index (χ3n) is 17.7. The molecule has 1 spiro atoms. The van der Waals surface area contributed by atoms with Crippen LogP contribution in [-0.2, 0) is 37.9 Å². The van der Waals surface area contributed by atoms with Gasteiger partial charge in [-0.05, 0) is 98.7 Å². The minimum Gasteiger partial charge on any atom is -0.394 e. The van der Waals surface area contributed by atoms with E-state index in [-0.39, 0.29) is 23.0 Å². The van der Waals surface area contributed by atoms with Gasteiger partial charge in [-0.1, -0.05) is 39.3 Å². The van der Waals surface area contributed by atoms with Gasteiger partial charge in [-0.2, -0.15) is 0 Å². The second-order valence-corrected chi connectivity index (χ2v) is 21.1. The Kier molecular flexibility index (Phi) is 12.9. The van der Waals surface area contributed by atoms with Crippen molar-refractivity contribution in [3.8, 4) is 0 Å². The van der Waals surface area contributed by atoms with Crippen LogP contribution in [0.25, 0.3) is 0 Å². The summed E-state index contributed by atoms with van der Waals surface area (Å²) < 4.78 is 49.9. The Bertz CT molecular complexity index is 1610. The molecule has 5 heterocycles. The summed E-state index contributed by atoms with van der Waals surface area (Å²) in [7, 11) is 0. The van der Waals surface area contributed by atoms with Gasteiger partial charge in [-0.25, -0.2) is 0 Å². The SMILES string of the molecule is CC1O[C@@H](OC2[C@H](OC3CC[C@@]4(C)C(=CC[C@H]5[C@@H]6C[C@@H]7O[C@]8(CC[C@@H](C)CO8)[C@@H](C)[C@@H]7[C@@]6(C)CC[C@@H]54)C3)OC(CO)[C@@H](O[C@@H]3OC(CO)[C@@H](O)[C@H](O)C3O)[C@@H]2O)C(O)[C@@H](O)[C@H]1O. The van der Waals surface area contributed by atoms with Gasteiger partial charge in [0.1, 0.15) is 67.1 Å². The minimum absolute atomic E-state index is 0.0356. The minimum atomic E-state index is -1.82. The van der Waals surface area contributed by atoms with E-state index in [0.717, 1.165) is 51.6 Å².